The Morgan fingerprint density at radius 1 is 1.43 bits per heavy atom. The van der Waals surface area contributed by atoms with Crippen LogP contribution < -0.4 is 0 Å². The molecular weight excluding hydrogens is 322 g/mol. The highest BCUT2D eigenvalue weighted by molar-refractivity contribution is 6.30. The third kappa shape index (κ3) is 3.37. The highest BCUT2D eigenvalue weighted by atomic mass is 35.5. The quantitative estimate of drug-likeness (QED) is 0.344. The first kappa shape index (κ1) is 17.4. The van der Waals surface area contributed by atoms with Gasteiger partial charge in [0, 0.05) is 16.4 Å². The number of Topliss-reactive ketones (excluding diaryl/α,β-unsaturated/α-hetero) is 1. The van der Waals surface area contributed by atoms with E-state index in [0.29, 0.717) is 17.0 Å². The van der Waals surface area contributed by atoms with Crippen molar-refractivity contribution < 1.29 is 19.2 Å². The van der Waals surface area contributed by atoms with E-state index in [1.807, 2.05) is 0 Å². The number of ketones is 1. The molecule has 0 unspecified atom stereocenters. The van der Waals surface area contributed by atoms with Crippen LogP contribution in [0.3, 0.4) is 0 Å². The molecule has 0 radical (unpaired) electrons. The Morgan fingerprint density at radius 2 is 2.09 bits per heavy atom. The van der Waals surface area contributed by atoms with Crippen LogP contribution in [0.25, 0.3) is 0 Å². The number of hydrogen-bond donors (Lipinski definition) is 0. The molecule has 1 aromatic carbocycles. The molecule has 1 saturated carbocycles. The average molecular weight is 340 g/mol. The first-order valence-corrected chi connectivity index (χ1v) is 7.87. The lowest BCUT2D eigenvalue weighted by Crippen LogP contribution is -2.44. The van der Waals surface area contributed by atoms with Crippen molar-refractivity contribution in [2.24, 2.45) is 5.41 Å². The first-order chi connectivity index (χ1) is 10.9. The molecule has 0 saturated heterocycles. The maximum Gasteiger partial charge on any atom is 0.320 e. The van der Waals surface area contributed by atoms with E-state index in [-0.39, 0.29) is 25.2 Å². The number of ether oxygens (including phenoxy) is 1. The molecule has 6 nitrogen and oxygen atoms in total. The molecule has 1 aliphatic carbocycles. The predicted octanol–water partition coefficient (Wildman–Crippen LogP) is 3.00. The van der Waals surface area contributed by atoms with Gasteiger partial charge in [-0.2, -0.15) is 0 Å². The topological polar surface area (TPSA) is 86.5 Å². The van der Waals surface area contributed by atoms with Crippen molar-refractivity contribution in [3.63, 3.8) is 0 Å². The van der Waals surface area contributed by atoms with Crippen LogP contribution in [0.5, 0.6) is 0 Å². The Bertz CT molecular complexity index is 615. The molecule has 0 aliphatic heterocycles. The third-order valence-electron chi connectivity index (χ3n) is 4.31. The van der Waals surface area contributed by atoms with Gasteiger partial charge in [0.2, 0.25) is 6.54 Å². The summed E-state index contributed by atoms with van der Waals surface area (Å²) in [4.78, 5) is 35.7. The van der Waals surface area contributed by atoms with Crippen molar-refractivity contribution in [1.82, 2.24) is 0 Å². The second-order valence-electron chi connectivity index (χ2n) is 5.59. The Kier molecular flexibility index (Phi) is 5.36. The number of esters is 1. The van der Waals surface area contributed by atoms with Gasteiger partial charge in [0.05, 0.1) is 12.5 Å². The number of benzene rings is 1. The Morgan fingerprint density at radius 3 is 2.57 bits per heavy atom. The van der Waals surface area contributed by atoms with E-state index in [1.54, 1.807) is 31.2 Å². The zero-order valence-electron chi connectivity index (χ0n) is 12.8. The monoisotopic (exact) mass is 339 g/mol. The normalized spacial score (nSPS) is 21.9. The molecule has 0 N–H and O–H groups in total. The summed E-state index contributed by atoms with van der Waals surface area (Å²) in [6.45, 7) is 1.27. The summed E-state index contributed by atoms with van der Waals surface area (Å²) in [6, 6.07) is 6.45. The van der Waals surface area contributed by atoms with E-state index in [0.717, 1.165) is 0 Å². The van der Waals surface area contributed by atoms with Crippen molar-refractivity contribution in [2.75, 3.05) is 13.2 Å². The van der Waals surface area contributed by atoms with E-state index in [9.17, 15) is 19.7 Å². The van der Waals surface area contributed by atoms with Crippen LogP contribution in [-0.2, 0) is 14.3 Å². The minimum atomic E-state index is -1.48. The third-order valence-corrected chi connectivity index (χ3v) is 4.56. The summed E-state index contributed by atoms with van der Waals surface area (Å²) < 4.78 is 5.10. The van der Waals surface area contributed by atoms with E-state index >= 15 is 0 Å². The van der Waals surface area contributed by atoms with Crippen LogP contribution in [0, 0.1) is 15.5 Å². The van der Waals surface area contributed by atoms with Gasteiger partial charge in [-0.3, -0.25) is 19.7 Å². The molecule has 1 fully saturated rings. The molecule has 1 aromatic rings. The van der Waals surface area contributed by atoms with Crippen LogP contribution in [0.15, 0.2) is 24.3 Å². The molecule has 2 rings (SSSR count). The van der Waals surface area contributed by atoms with Gasteiger partial charge in [-0.1, -0.05) is 23.7 Å². The lowest BCUT2D eigenvalue weighted by molar-refractivity contribution is -0.485. The second kappa shape index (κ2) is 7.08. The Hall–Kier alpha value is -1.95. The van der Waals surface area contributed by atoms with Crippen molar-refractivity contribution in [2.45, 2.75) is 32.1 Å². The number of halogens is 1. The lowest BCUT2D eigenvalue weighted by atomic mass is 9.70. The van der Waals surface area contributed by atoms with Crippen LogP contribution in [0.2, 0.25) is 5.02 Å². The van der Waals surface area contributed by atoms with Crippen LogP contribution in [0.1, 0.15) is 37.7 Å². The molecule has 0 aromatic heterocycles. The van der Waals surface area contributed by atoms with Gasteiger partial charge in [-0.15, -0.1) is 0 Å². The number of hydrogen-bond acceptors (Lipinski definition) is 5. The zero-order valence-corrected chi connectivity index (χ0v) is 13.5. The molecule has 0 heterocycles. The van der Waals surface area contributed by atoms with E-state index in [4.69, 9.17) is 16.3 Å². The van der Waals surface area contributed by atoms with Gasteiger partial charge < -0.3 is 4.74 Å². The smallest absolute Gasteiger partial charge is 0.320 e. The Labute approximate surface area is 138 Å². The van der Waals surface area contributed by atoms with Gasteiger partial charge in [-0.25, -0.2) is 0 Å². The number of carbonyl (C=O) groups excluding carboxylic acids is 2. The van der Waals surface area contributed by atoms with Crippen molar-refractivity contribution in [3.8, 4) is 0 Å². The summed E-state index contributed by atoms with van der Waals surface area (Å²) in [5.41, 5.74) is -0.925. The van der Waals surface area contributed by atoms with E-state index in [2.05, 4.69) is 0 Å². The van der Waals surface area contributed by atoms with Gasteiger partial charge in [0.1, 0.15) is 5.41 Å². The highest BCUT2D eigenvalue weighted by Crippen LogP contribution is 2.47. The van der Waals surface area contributed by atoms with E-state index < -0.39 is 28.8 Å². The lowest BCUT2D eigenvalue weighted by Gasteiger charge is -2.31. The predicted molar refractivity (Wildman–Crippen MR) is 84.0 cm³/mol. The fraction of sp³-hybridized carbons (Fsp3) is 0.500. The summed E-state index contributed by atoms with van der Waals surface area (Å²) in [7, 11) is 0. The molecule has 0 spiro atoms. The highest BCUT2D eigenvalue weighted by Gasteiger charge is 2.57. The molecule has 23 heavy (non-hydrogen) atoms. The second-order valence-corrected chi connectivity index (χ2v) is 6.02. The Balaban J connectivity index is 2.52. The number of carbonyl (C=O) groups is 2. The molecular formula is C16H18ClNO5. The van der Waals surface area contributed by atoms with E-state index in [1.165, 1.54) is 0 Å². The molecule has 0 amide bonds. The van der Waals surface area contributed by atoms with Crippen LogP contribution in [-0.4, -0.2) is 29.8 Å². The van der Waals surface area contributed by atoms with Crippen molar-refractivity contribution >= 4 is 23.4 Å². The molecule has 7 heteroatoms. The molecule has 124 valence electrons. The standard InChI is InChI=1S/C16H18ClNO5/c1-2-23-15(20)16(9-3-4-14(16)19)13(10-18(21)22)11-5-7-12(17)8-6-11/h5-8,13H,2-4,9-10H2,1H3/t13-,16-/m0/s1. The van der Waals surface area contributed by atoms with Gasteiger partial charge >= 0.3 is 5.97 Å². The molecule has 0 bridgehead atoms. The summed E-state index contributed by atoms with van der Waals surface area (Å²) in [5, 5.41) is 11.6. The largest absolute Gasteiger partial charge is 0.465 e. The van der Waals surface area contributed by atoms with Crippen molar-refractivity contribution in [3.05, 3.63) is 45.0 Å². The maximum absolute atomic E-state index is 12.5. The minimum absolute atomic E-state index is 0.125. The summed E-state index contributed by atoms with van der Waals surface area (Å²) in [5.74, 6) is -1.80. The number of rotatable bonds is 6. The average Bonchev–Trinajstić information content (AvgIpc) is 2.88. The molecule has 1 aliphatic rings. The number of nitro groups is 1. The summed E-state index contributed by atoms with van der Waals surface area (Å²) >= 11 is 5.86. The SMILES string of the molecule is CCOC(=O)[C@]1([C@@H](C[N+](=O)[O-])c2ccc(Cl)cc2)CCCC1=O. The van der Waals surface area contributed by atoms with Gasteiger partial charge in [0.15, 0.2) is 5.78 Å². The number of nitrogens with zero attached hydrogens (tertiary/aromatic N) is 1. The first-order valence-electron chi connectivity index (χ1n) is 7.49. The fourth-order valence-electron chi connectivity index (χ4n) is 3.27. The van der Waals surface area contributed by atoms with Crippen LogP contribution in [0.4, 0.5) is 0 Å². The van der Waals surface area contributed by atoms with Crippen molar-refractivity contribution in [1.29, 1.82) is 0 Å². The van der Waals surface area contributed by atoms with Crippen LogP contribution >= 0.6 is 11.6 Å². The van der Waals surface area contributed by atoms with Gasteiger partial charge in [-0.05, 0) is 37.5 Å². The fourth-order valence-corrected chi connectivity index (χ4v) is 3.39. The zero-order chi connectivity index (χ0) is 17.0. The maximum atomic E-state index is 12.5. The van der Waals surface area contributed by atoms with Gasteiger partial charge in [0.25, 0.3) is 0 Å². The summed E-state index contributed by atoms with van der Waals surface area (Å²) in [6.07, 6.45) is 1.03. The minimum Gasteiger partial charge on any atom is -0.465 e. The molecule has 2 atom stereocenters.